The Morgan fingerprint density at radius 2 is 1.64 bits per heavy atom. The highest BCUT2D eigenvalue weighted by atomic mass is 28.4. The molecule has 4 fully saturated rings. The Kier molecular flexibility index (Phi) is 7.51. The van der Waals surface area contributed by atoms with Crippen molar-refractivity contribution in [3.63, 3.8) is 0 Å². The van der Waals surface area contributed by atoms with E-state index in [4.69, 9.17) is 4.53 Å². The Bertz CT molecular complexity index is 711. The predicted molar refractivity (Wildman–Crippen MR) is 145 cm³/mol. The molecular weight excluding hydrogens is 418 g/mol. The molecular formula is C30H55NOSi. The minimum absolute atomic E-state index is 0.545. The van der Waals surface area contributed by atoms with Crippen LogP contribution in [0.4, 0.5) is 0 Å². The summed E-state index contributed by atoms with van der Waals surface area (Å²) in [4.78, 5) is 0. The quantitative estimate of drug-likeness (QED) is 0.266. The Morgan fingerprint density at radius 1 is 0.909 bits per heavy atom. The van der Waals surface area contributed by atoms with E-state index in [1.54, 1.807) is 0 Å². The zero-order chi connectivity index (χ0) is 24.0. The Balaban J connectivity index is 1.42. The highest BCUT2D eigenvalue weighted by Gasteiger charge is 2.60. The monoisotopic (exact) mass is 473 g/mol. The van der Waals surface area contributed by atoms with Crippen molar-refractivity contribution in [3.05, 3.63) is 0 Å². The van der Waals surface area contributed by atoms with E-state index in [0.717, 1.165) is 41.4 Å². The van der Waals surface area contributed by atoms with Crippen molar-refractivity contribution < 1.29 is 4.53 Å². The first-order valence-electron chi connectivity index (χ1n) is 14.7. The van der Waals surface area contributed by atoms with Crippen LogP contribution in [0.25, 0.3) is 0 Å². The number of rotatable bonds is 7. The molecule has 0 N–H and O–H groups in total. The van der Waals surface area contributed by atoms with Crippen molar-refractivity contribution in [2.24, 2.45) is 57.4 Å². The van der Waals surface area contributed by atoms with E-state index in [2.05, 4.69) is 59.4 Å². The maximum Gasteiger partial charge on any atom is 0.278 e. The third-order valence-corrected chi connectivity index (χ3v) is 11.8. The molecule has 0 heterocycles. The van der Waals surface area contributed by atoms with Gasteiger partial charge in [-0.3, -0.25) is 0 Å². The molecule has 4 aliphatic rings. The van der Waals surface area contributed by atoms with Gasteiger partial charge in [0, 0.05) is 0 Å². The normalized spacial score (nSPS) is 43.2. The van der Waals surface area contributed by atoms with Gasteiger partial charge in [0.2, 0.25) is 0 Å². The fourth-order valence-corrected chi connectivity index (χ4v) is 9.77. The van der Waals surface area contributed by atoms with Crippen molar-refractivity contribution in [1.29, 1.82) is 0 Å². The molecule has 190 valence electrons. The summed E-state index contributed by atoms with van der Waals surface area (Å²) in [6.07, 6.45) is 17.0. The van der Waals surface area contributed by atoms with Crippen LogP contribution in [0.2, 0.25) is 19.6 Å². The summed E-state index contributed by atoms with van der Waals surface area (Å²) in [6, 6.07) is 0. The predicted octanol–water partition coefficient (Wildman–Crippen LogP) is 9.32. The van der Waals surface area contributed by atoms with Crippen LogP contribution in [0.15, 0.2) is 5.16 Å². The van der Waals surface area contributed by atoms with Gasteiger partial charge in [0.1, 0.15) is 0 Å². The molecule has 0 saturated heterocycles. The lowest BCUT2D eigenvalue weighted by atomic mass is 9.44. The standard InChI is InChI=1S/C30H55NOSi/c1-21(2)10-9-11-22(3)26-14-15-27-25-13-12-23-20-24(31-32-33(6,7)8)16-18-29(23,4)28(25)17-19-30(26,27)5/h21-23,25-28H,9-20H2,1-8H3/b31-24+/t22?,23-,25?,26?,27?,28?,29?,30?/m1/s1. The van der Waals surface area contributed by atoms with Crippen LogP contribution >= 0.6 is 0 Å². The van der Waals surface area contributed by atoms with Gasteiger partial charge in [-0.05, 0) is 130 Å². The number of hydrogen-bond acceptors (Lipinski definition) is 2. The molecule has 0 aromatic heterocycles. The van der Waals surface area contributed by atoms with E-state index < -0.39 is 8.32 Å². The number of oxime groups is 1. The maximum atomic E-state index is 5.96. The molecule has 0 amide bonds. The fourth-order valence-electron chi connectivity index (χ4n) is 9.37. The average Bonchev–Trinajstić information content (AvgIpc) is 3.08. The lowest BCUT2D eigenvalue weighted by Crippen LogP contribution is -2.53. The minimum Gasteiger partial charge on any atom is -0.456 e. The molecule has 4 saturated carbocycles. The second-order valence-electron chi connectivity index (χ2n) is 14.8. The van der Waals surface area contributed by atoms with E-state index in [9.17, 15) is 0 Å². The summed E-state index contributed by atoms with van der Waals surface area (Å²) in [5.41, 5.74) is 2.53. The van der Waals surface area contributed by atoms with E-state index in [-0.39, 0.29) is 0 Å². The molecule has 3 heteroatoms. The van der Waals surface area contributed by atoms with Crippen LogP contribution < -0.4 is 0 Å². The summed E-state index contributed by atoms with van der Waals surface area (Å²) < 4.78 is 5.96. The summed E-state index contributed by atoms with van der Waals surface area (Å²) in [6.45, 7) is 19.5. The Hall–Kier alpha value is -0.313. The first-order valence-corrected chi connectivity index (χ1v) is 18.1. The van der Waals surface area contributed by atoms with Crippen molar-refractivity contribution in [1.82, 2.24) is 0 Å². The van der Waals surface area contributed by atoms with Crippen molar-refractivity contribution >= 4 is 14.0 Å². The molecule has 2 nitrogen and oxygen atoms in total. The first-order chi connectivity index (χ1) is 15.4. The molecule has 7 unspecified atom stereocenters. The van der Waals surface area contributed by atoms with Crippen LogP contribution in [0, 0.1) is 52.3 Å². The molecule has 0 aromatic rings. The lowest BCUT2D eigenvalue weighted by Gasteiger charge is -2.60. The van der Waals surface area contributed by atoms with Crippen LogP contribution in [0.1, 0.15) is 112 Å². The number of nitrogens with zero attached hydrogens (tertiary/aromatic N) is 1. The number of hydrogen-bond donors (Lipinski definition) is 0. The van der Waals surface area contributed by atoms with Gasteiger partial charge in [-0.25, -0.2) is 0 Å². The molecule has 4 rings (SSSR count). The van der Waals surface area contributed by atoms with Crippen molar-refractivity contribution in [2.45, 2.75) is 131 Å². The van der Waals surface area contributed by atoms with Crippen molar-refractivity contribution in [3.8, 4) is 0 Å². The van der Waals surface area contributed by atoms with Gasteiger partial charge in [-0.15, -0.1) is 5.16 Å². The second-order valence-corrected chi connectivity index (χ2v) is 19.2. The van der Waals surface area contributed by atoms with Gasteiger partial charge in [-0.1, -0.05) is 53.9 Å². The highest BCUT2D eigenvalue weighted by Crippen LogP contribution is 2.68. The average molecular weight is 474 g/mol. The van der Waals surface area contributed by atoms with Gasteiger partial charge >= 0.3 is 0 Å². The SMILES string of the molecule is CC(C)CCCC(C)C1CCC2C3CC[C@@H]4C/C(=N/O[Si](C)(C)C)CCC4(C)C3CCC12C. The third-order valence-electron chi connectivity index (χ3n) is 11.1. The molecule has 33 heavy (non-hydrogen) atoms. The van der Waals surface area contributed by atoms with Crippen LogP contribution in [-0.2, 0) is 4.53 Å². The Morgan fingerprint density at radius 3 is 2.33 bits per heavy atom. The van der Waals surface area contributed by atoms with E-state index in [1.807, 2.05) is 0 Å². The van der Waals surface area contributed by atoms with Gasteiger partial charge in [0.15, 0.2) is 0 Å². The molecule has 0 radical (unpaired) electrons. The minimum atomic E-state index is -1.57. The van der Waals surface area contributed by atoms with Gasteiger partial charge in [-0.2, -0.15) is 0 Å². The molecule has 0 bridgehead atoms. The molecule has 0 aliphatic heterocycles. The van der Waals surface area contributed by atoms with Gasteiger partial charge in [0.25, 0.3) is 8.32 Å². The zero-order valence-corrected chi connectivity index (χ0v) is 24.4. The molecule has 4 aliphatic carbocycles. The largest absolute Gasteiger partial charge is 0.456 e. The van der Waals surface area contributed by atoms with Crippen molar-refractivity contribution in [2.75, 3.05) is 0 Å². The van der Waals surface area contributed by atoms with Crippen LogP contribution in [-0.4, -0.2) is 14.0 Å². The fraction of sp³-hybridized carbons (Fsp3) is 0.967. The van der Waals surface area contributed by atoms with Crippen LogP contribution in [0.5, 0.6) is 0 Å². The number of fused-ring (bicyclic) bond motifs is 5. The lowest BCUT2D eigenvalue weighted by molar-refractivity contribution is -0.105. The van der Waals surface area contributed by atoms with Gasteiger partial charge in [0.05, 0.1) is 5.71 Å². The van der Waals surface area contributed by atoms with Crippen LogP contribution in [0.3, 0.4) is 0 Å². The smallest absolute Gasteiger partial charge is 0.278 e. The maximum absolute atomic E-state index is 5.96. The van der Waals surface area contributed by atoms with E-state index >= 15 is 0 Å². The topological polar surface area (TPSA) is 21.6 Å². The first kappa shape index (κ1) is 25.8. The zero-order valence-electron chi connectivity index (χ0n) is 23.4. The third kappa shape index (κ3) is 5.14. The van der Waals surface area contributed by atoms with E-state index in [0.29, 0.717) is 10.8 Å². The van der Waals surface area contributed by atoms with Gasteiger partial charge < -0.3 is 4.53 Å². The summed E-state index contributed by atoms with van der Waals surface area (Å²) >= 11 is 0. The second kappa shape index (κ2) is 9.62. The summed E-state index contributed by atoms with van der Waals surface area (Å²) in [7, 11) is -1.57. The molecule has 8 atom stereocenters. The Labute approximate surface area is 207 Å². The molecule has 0 aromatic carbocycles. The highest BCUT2D eigenvalue weighted by molar-refractivity contribution is 6.69. The van der Waals surface area contributed by atoms with E-state index in [1.165, 1.54) is 82.8 Å². The summed E-state index contributed by atoms with van der Waals surface area (Å²) in [5.74, 6) is 6.55. The summed E-state index contributed by atoms with van der Waals surface area (Å²) in [5, 5.41) is 4.69. The molecule has 0 spiro atoms.